The minimum Gasteiger partial charge on any atom is -0.363 e. The predicted molar refractivity (Wildman–Crippen MR) is 92.9 cm³/mol. The molecule has 0 bridgehead atoms. The van der Waals surface area contributed by atoms with Crippen LogP contribution in [0.1, 0.15) is 32.1 Å². The number of thioether (sulfide) groups is 1. The van der Waals surface area contributed by atoms with Crippen LogP contribution < -0.4 is 16.0 Å². The summed E-state index contributed by atoms with van der Waals surface area (Å²) >= 11 is 2.62. The number of allylic oxidation sites excluding steroid dienone is 1. The van der Waals surface area contributed by atoms with E-state index in [1.165, 1.54) is 41.5 Å². The van der Waals surface area contributed by atoms with E-state index in [1.54, 1.807) is 7.05 Å². The van der Waals surface area contributed by atoms with E-state index in [9.17, 15) is 9.59 Å². The van der Waals surface area contributed by atoms with E-state index in [1.807, 2.05) is 0 Å². The molecular weight excluding hydrogens is 334 g/mol. The van der Waals surface area contributed by atoms with Gasteiger partial charge in [0.25, 0.3) is 0 Å². The Bertz CT molecular complexity index is 573. The number of amides is 3. The van der Waals surface area contributed by atoms with Gasteiger partial charge in [-0.15, -0.1) is 10.2 Å². The highest BCUT2D eigenvalue weighted by atomic mass is 32.2. The number of imide groups is 1. The second kappa shape index (κ2) is 9.51. The Morgan fingerprint density at radius 1 is 1.35 bits per heavy atom. The lowest BCUT2D eigenvalue weighted by Crippen LogP contribution is -2.40. The Labute approximate surface area is 143 Å². The Kier molecular flexibility index (Phi) is 7.34. The third-order valence-corrected chi connectivity index (χ3v) is 5.39. The molecule has 1 aliphatic carbocycles. The molecule has 0 saturated carbocycles. The summed E-state index contributed by atoms with van der Waals surface area (Å²) in [4.78, 5) is 23.4. The van der Waals surface area contributed by atoms with Gasteiger partial charge in [0.15, 0.2) is 4.34 Å². The Balaban J connectivity index is 1.60. The fourth-order valence-corrected chi connectivity index (χ4v) is 3.68. The zero-order valence-electron chi connectivity index (χ0n) is 13.1. The van der Waals surface area contributed by atoms with E-state index in [-0.39, 0.29) is 11.7 Å². The first-order valence-electron chi connectivity index (χ1n) is 7.57. The van der Waals surface area contributed by atoms with Crippen molar-refractivity contribution in [2.45, 2.75) is 36.4 Å². The Morgan fingerprint density at radius 2 is 2.22 bits per heavy atom. The number of hydrogen-bond donors (Lipinski definition) is 3. The molecule has 9 heteroatoms. The molecule has 0 unspecified atom stereocenters. The van der Waals surface area contributed by atoms with E-state index in [4.69, 9.17) is 0 Å². The maximum atomic E-state index is 11.7. The van der Waals surface area contributed by atoms with Crippen molar-refractivity contribution in [2.24, 2.45) is 0 Å². The van der Waals surface area contributed by atoms with Crippen molar-refractivity contribution in [3.05, 3.63) is 11.6 Å². The number of nitrogens with one attached hydrogen (secondary N) is 3. The molecule has 0 aliphatic heterocycles. The molecule has 3 amide bonds. The molecular formula is C14H21N5O2S2. The monoisotopic (exact) mass is 355 g/mol. The first-order valence-corrected chi connectivity index (χ1v) is 9.37. The highest BCUT2D eigenvalue weighted by Crippen LogP contribution is 2.24. The standard InChI is InChI=1S/C14H21N5O2S2/c1-15-13-18-19-14(23-13)22-9-11(20)17-12(21)16-8-7-10-5-3-2-4-6-10/h5H,2-4,6-9H2,1H3,(H,15,18)(H2,16,17,20,21). The summed E-state index contributed by atoms with van der Waals surface area (Å²) in [6.45, 7) is 0.556. The molecule has 0 aromatic carbocycles. The van der Waals surface area contributed by atoms with Crippen molar-refractivity contribution in [3.63, 3.8) is 0 Å². The number of carbonyl (C=O) groups excluding carboxylic acids is 2. The van der Waals surface area contributed by atoms with Crippen LogP contribution in [0.5, 0.6) is 0 Å². The van der Waals surface area contributed by atoms with E-state index >= 15 is 0 Å². The third-order valence-electron chi connectivity index (χ3n) is 3.32. The molecule has 0 radical (unpaired) electrons. The molecule has 1 heterocycles. The molecule has 23 heavy (non-hydrogen) atoms. The smallest absolute Gasteiger partial charge is 0.321 e. The lowest BCUT2D eigenvalue weighted by molar-refractivity contribution is -0.117. The van der Waals surface area contributed by atoms with Gasteiger partial charge in [0.1, 0.15) is 0 Å². The number of carbonyl (C=O) groups is 2. The first kappa shape index (κ1) is 17.7. The van der Waals surface area contributed by atoms with Crippen LogP contribution in [0.25, 0.3) is 0 Å². The topological polar surface area (TPSA) is 96.0 Å². The molecule has 1 aromatic rings. The quantitative estimate of drug-likeness (QED) is 0.513. The molecule has 2 rings (SSSR count). The van der Waals surface area contributed by atoms with Crippen LogP contribution in [0.4, 0.5) is 9.93 Å². The lowest BCUT2D eigenvalue weighted by Gasteiger charge is -2.13. The van der Waals surface area contributed by atoms with Crippen LogP contribution in [0, 0.1) is 0 Å². The zero-order chi connectivity index (χ0) is 16.5. The Morgan fingerprint density at radius 3 is 2.91 bits per heavy atom. The fraction of sp³-hybridized carbons (Fsp3) is 0.571. The summed E-state index contributed by atoms with van der Waals surface area (Å²) in [6.07, 6.45) is 7.86. The van der Waals surface area contributed by atoms with Gasteiger partial charge in [-0.2, -0.15) is 0 Å². The van der Waals surface area contributed by atoms with Crippen LogP contribution in [-0.2, 0) is 4.79 Å². The van der Waals surface area contributed by atoms with E-state index in [0.29, 0.717) is 16.0 Å². The minimum absolute atomic E-state index is 0.136. The Hall–Kier alpha value is -1.61. The van der Waals surface area contributed by atoms with Crippen LogP contribution in [-0.4, -0.2) is 41.5 Å². The average Bonchev–Trinajstić information content (AvgIpc) is 3.02. The lowest BCUT2D eigenvalue weighted by atomic mass is 9.97. The molecule has 0 fully saturated rings. The molecule has 1 aromatic heterocycles. The normalized spacial score (nSPS) is 14.0. The molecule has 0 saturated heterocycles. The molecule has 7 nitrogen and oxygen atoms in total. The molecule has 0 spiro atoms. The number of rotatable bonds is 7. The number of urea groups is 1. The van der Waals surface area contributed by atoms with E-state index in [2.05, 4.69) is 32.2 Å². The summed E-state index contributed by atoms with van der Waals surface area (Å²) in [6, 6.07) is -0.444. The van der Waals surface area contributed by atoms with Crippen molar-refractivity contribution < 1.29 is 9.59 Å². The van der Waals surface area contributed by atoms with Crippen LogP contribution in [0.2, 0.25) is 0 Å². The fourth-order valence-electron chi connectivity index (χ4n) is 2.17. The van der Waals surface area contributed by atoms with Crippen molar-refractivity contribution in [3.8, 4) is 0 Å². The second-order valence-electron chi connectivity index (χ2n) is 5.07. The minimum atomic E-state index is -0.444. The largest absolute Gasteiger partial charge is 0.363 e. The van der Waals surface area contributed by atoms with Gasteiger partial charge < -0.3 is 10.6 Å². The first-order chi connectivity index (χ1) is 11.2. The van der Waals surface area contributed by atoms with Gasteiger partial charge in [-0.1, -0.05) is 34.7 Å². The second-order valence-corrected chi connectivity index (χ2v) is 7.27. The van der Waals surface area contributed by atoms with E-state index in [0.717, 1.165) is 19.3 Å². The summed E-state index contributed by atoms with van der Waals surface area (Å²) < 4.78 is 0.689. The maximum absolute atomic E-state index is 11.7. The molecule has 0 atom stereocenters. The van der Waals surface area contributed by atoms with Gasteiger partial charge in [-0.25, -0.2) is 4.79 Å². The van der Waals surface area contributed by atoms with Crippen molar-refractivity contribution >= 4 is 40.2 Å². The summed E-state index contributed by atoms with van der Waals surface area (Å²) in [5.74, 6) is -0.206. The van der Waals surface area contributed by atoms with Crippen LogP contribution >= 0.6 is 23.1 Å². The van der Waals surface area contributed by atoms with Gasteiger partial charge >= 0.3 is 6.03 Å². The van der Waals surface area contributed by atoms with Crippen LogP contribution in [0.3, 0.4) is 0 Å². The van der Waals surface area contributed by atoms with Gasteiger partial charge in [0.2, 0.25) is 11.0 Å². The molecule has 126 valence electrons. The summed E-state index contributed by atoms with van der Waals surface area (Å²) in [7, 11) is 1.76. The third kappa shape index (κ3) is 6.57. The van der Waals surface area contributed by atoms with Crippen molar-refractivity contribution in [1.82, 2.24) is 20.8 Å². The van der Waals surface area contributed by atoms with Gasteiger partial charge in [-0.05, 0) is 32.1 Å². The van der Waals surface area contributed by atoms with Gasteiger partial charge in [0.05, 0.1) is 5.75 Å². The summed E-state index contributed by atoms with van der Waals surface area (Å²) in [5, 5.41) is 16.4. The van der Waals surface area contributed by atoms with E-state index < -0.39 is 6.03 Å². The number of hydrogen-bond acceptors (Lipinski definition) is 7. The molecule has 3 N–H and O–H groups in total. The zero-order valence-corrected chi connectivity index (χ0v) is 14.7. The van der Waals surface area contributed by atoms with Gasteiger partial charge in [0, 0.05) is 13.6 Å². The highest BCUT2D eigenvalue weighted by Gasteiger charge is 2.11. The van der Waals surface area contributed by atoms with Crippen LogP contribution in [0.15, 0.2) is 16.0 Å². The average molecular weight is 355 g/mol. The SMILES string of the molecule is CNc1nnc(SCC(=O)NC(=O)NCCC2=CCCCC2)s1. The number of nitrogens with zero attached hydrogens (tertiary/aromatic N) is 2. The highest BCUT2D eigenvalue weighted by molar-refractivity contribution is 8.01. The summed E-state index contributed by atoms with van der Waals surface area (Å²) in [5.41, 5.74) is 1.40. The predicted octanol–water partition coefficient (Wildman–Crippen LogP) is 2.39. The number of aromatic nitrogens is 2. The van der Waals surface area contributed by atoms with Crippen molar-refractivity contribution in [1.29, 1.82) is 0 Å². The maximum Gasteiger partial charge on any atom is 0.321 e. The molecule has 1 aliphatic rings. The van der Waals surface area contributed by atoms with Gasteiger partial charge in [-0.3, -0.25) is 10.1 Å². The number of anilines is 1. The van der Waals surface area contributed by atoms with Crippen molar-refractivity contribution in [2.75, 3.05) is 24.7 Å².